The van der Waals surface area contributed by atoms with Crippen LogP contribution in [0.4, 0.5) is 0 Å². The molecule has 1 fully saturated rings. The van der Waals surface area contributed by atoms with E-state index in [1.165, 1.54) is 12.8 Å². The summed E-state index contributed by atoms with van der Waals surface area (Å²) in [6.45, 7) is 5.17. The maximum Gasteiger partial charge on any atom is 0.285 e. The number of halogens is 1. The number of ether oxygens (including phenoxy) is 2. The molecule has 0 aromatic heterocycles. The van der Waals surface area contributed by atoms with Gasteiger partial charge < -0.3 is 9.47 Å². The number of nitrogens with one attached hydrogen (secondary N) is 1. The zero-order chi connectivity index (χ0) is 24.5. The molecule has 2 amide bonds. The first-order valence-electron chi connectivity index (χ1n) is 11.2. The minimum atomic E-state index is -0.403. The minimum Gasteiger partial charge on any atom is -0.490 e. The molecule has 6 nitrogen and oxygen atoms in total. The van der Waals surface area contributed by atoms with Crippen LogP contribution in [0.25, 0.3) is 6.08 Å². The van der Waals surface area contributed by atoms with Crippen molar-refractivity contribution < 1.29 is 19.1 Å². The molecule has 0 radical (unpaired) electrons. The second-order valence-electron chi connectivity index (χ2n) is 7.50. The molecule has 0 atom stereocenters. The molecule has 34 heavy (non-hydrogen) atoms. The summed E-state index contributed by atoms with van der Waals surface area (Å²) in [6.07, 6.45) is 6.19. The summed E-state index contributed by atoms with van der Waals surface area (Å²) in [6, 6.07) is 12.4. The minimum absolute atomic E-state index is 0.261. The third-order valence-corrected chi connectivity index (χ3v) is 6.81. The first kappa shape index (κ1) is 26.2. The summed E-state index contributed by atoms with van der Waals surface area (Å²) in [7, 11) is 0. The van der Waals surface area contributed by atoms with Gasteiger partial charge in [0.1, 0.15) is 0 Å². The SMILES string of the molecule is CCCCCCOc1c(Br)cc(/C=C2\SC(=S)N(NC(=O)c3ccccc3)C2=O)cc1OCC. The number of thiocarbonyl (C=S) groups is 1. The molecule has 0 aliphatic carbocycles. The Labute approximate surface area is 218 Å². The highest BCUT2D eigenvalue weighted by atomic mass is 79.9. The van der Waals surface area contributed by atoms with E-state index in [0.29, 0.717) is 35.2 Å². The third kappa shape index (κ3) is 6.84. The van der Waals surface area contributed by atoms with E-state index in [1.54, 1.807) is 30.3 Å². The van der Waals surface area contributed by atoms with Gasteiger partial charge in [0, 0.05) is 5.56 Å². The monoisotopic (exact) mass is 562 g/mol. The van der Waals surface area contributed by atoms with Crippen LogP contribution in [0.2, 0.25) is 0 Å². The predicted octanol–water partition coefficient (Wildman–Crippen LogP) is 6.35. The van der Waals surface area contributed by atoms with E-state index in [4.69, 9.17) is 21.7 Å². The summed E-state index contributed by atoms with van der Waals surface area (Å²) < 4.78 is 12.8. The Balaban J connectivity index is 1.75. The lowest BCUT2D eigenvalue weighted by Crippen LogP contribution is -2.44. The lowest BCUT2D eigenvalue weighted by atomic mass is 10.1. The molecule has 1 aliphatic heterocycles. The Bertz CT molecular complexity index is 1080. The van der Waals surface area contributed by atoms with Crippen LogP contribution in [0, 0.1) is 0 Å². The first-order valence-corrected chi connectivity index (χ1v) is 13.2. The summed E-state index contributed by atoms with van der Waals surface area (Å²) in [5.74, 6) is 0.467. The highest BCUT2D eigenvalue weighted by Gasteiger charge is 2.34. The van der Waals surface area contributed by atoms with Gasteiger partial charge in [0.05, 0.1) is 22.6 Å². The van der Waals surface area contributed by atoms with Crippen LogP contribution in [0.1, 0.15) is 55.5 Å². The van der Waals surface area contributed by atoms with E-state index < -0.39 is 5.91 Å². The van der Waals surface area contributed by atoms with Gasteiger partial charge in [-0.25, -0.2) is 0 Å². The van der Waals surface area contributed by atoms with Crippen molar-refractivity contribution in [3.63, 3.8) is 0 Å². The van der Waals surface area contributed by atoms with E-state index in [0.717, 1.165) is 39.6 Å². The second kappa shape index (κ2) is 12.9. The average Bonchev–Trinajstić information content (AvgIpc) is 3.08. The maximum atomic E-state index is 12.9. The van der Waals surface area contributed by atoms with Crippen LogP contribution in [0.15, 0.2) is 51.8 Å². The summed E-state index contributed by atoms with van der Waals surface area (Å²) in [4.78, 5) is 25.8. The van der Waals surface area contributed by atoms with Crippen molar-refractivity contribution >= 4 is 62.1 Å². The fourth-order valence-corrected chi connectivity index (χ4v) is 5.00. The maximum absolute atomic E-state index is 12.9. The molecule has 180 valence electrons. The fourth-order valence-electron chi connectivity index (χ4n) is 3.25. The quantitative estimate of drug-likeness (QED) is 0.195. The topological polar surface area (TPSA) is 67.9 Å². The Morgan fingerprint density at radius 1 is 1.15 bits per heavy atom. The molecule has 2 aromatic carbocycles. The average molecular weight is 564 g/mol. The van der Waals surface area contributed by atoms with Gasteiger partial charge in [-0.15, -0.1) is 0 Å². The largest absolute Gasteiger partial charge is 0.490 e. The standard InChI is InChI=1S/C25H27BrN2O4S2/c1-3-5-6-10-13-32-22-19(26)14-17(15-20(22)31-4-2)16-21-24(30)28(25(33)34-21)27-23(29)18-11-8-7-9-12-18/h7-9,11-12,14-16H,3-6,10,13H2,1-2H3,(H,27,29)/b21-16-. The summed E-state index contributed by atoms with van der Waals surface area (Å²) >= 11 is 10.0. The Kier molecular flexibility index (Phi) is 9.98. The number of hydrogen-bond donors (Lipinski definition) is 1. The number of nitrogens with zero attached hydrogens (tertiary/aromatic N) is 1. The van der Waals surface area contributed by atoms with Crippen LogP contribution in [-0.4, -0.2) is 34.4 Å². The zero-order valence-electron chi connectivity index (χ0n) is 19.1. The van der Waals surface area contributed by atoms with E-state index in [2.05, 4.69) is 28.3 Å². The molecule has 3 rings (SSSR count). The number of carbonyl (C=O) groups is 2. The van der Waals surface area contributed by atoms with Crippen LogP contribution in [0.5, 0.6) is 11.5 Å². The summed E-state index contributed by atoms with van der Waals surface area (Å²) in [5, 5.41) is 1.10. The molecule has 0 spiro atoms. The molecule has 1 N–H and O–H groups in total. The van der Waals surface area contributed by atoms with Gasteiger partial charge in [-0.05, 0) is 77.4 Å². The number of hydrazine groups is 1. The number of rotatable bonds is 11. The highest BCUT2D eigenvalue weighted by Crippen LogP contribution is 2.39. The molecular formula is C25H27BrN2O4S2. The molecule has 1 saturated heterocycles. The second-order valence-corrected chi connectivity index (χ2v) is 10.0. The van der Waals surface area contributed by atoms with Crippen LogP contribution in [-0.2, 0) is 4.79 Å². The van der Waals surface area contributed by atoms with Crippen LogP contribution in [0.3, 0.4) is 0 Å². The van der Waals surface area contributed by atoms with Gasteiger partial charge >= 0.3 is 0 Å². The smallest absolute Gasteiger partial charge is 0.285 e. The van der Waals surface area contributed by atoms with E-state index in [-0.39, 0.29) is 10.2 Å². The van der Waals surface area contributed by atoms with E-state index >= 15 is 0 Å². The van der Waals surface area contributed by atoms with Crippen molar-refractivity contribution in [2.24, 2.45) is 0 Å². The normalized spacial score (nSPS) is 14.6. The van der Waals surface area contributed by atoms with Crippen molar-refractivity contribution in [3.05, 3.63) is 63.0 Å². The Hall–Kier alpha value is -2.36. The van der Waals surface area contributed by atoms with Crippen molar-refractivity contribution in [1.29, 1.82) is 0 Å². The third-order valence-electron chi connectivity index (χ3n) is 4.92. The van der Waals surface area contributed by atoms with Gasteiger partial charge in [-0.3, -0.25) is 15.0 Å². The number of hydrogen-bond acceptors (Lipinski definition) is 6. The number of amides is 2. The number of thioether (sulfide) groups is 1. The van der Waals surface area contributed by atoms with Crippen molar-refractivity contribution in [1.82, 2.24) is 10.4 Å². The van der Waals surface area contributed by atoms with Crippen molar-refractivity contribution in [2.75, 3.05) is 13.2 Å². The summed E-state index contributed by atoms with van der Waals surface area (Å²) in [5.41, 5.74) is 3.78. The molecule has 0 unspecified atom stereocenters. The van der Waals surface area contributed by atoms with Gasteiger partial charge in [-0.1, -0.05) is 56.1 Å². The zero-order valence-corrected chi connectivity index (χ0v) is 22.4. The lowest BCUT2D eigenvalue weighted by Gasteiger charge is -2.15. The fraction of sp³-hybridized carbons (Fsp3) is 0.320. The molecule has 0 bridgehead atoms. The molecule has 9 heteroatoms. The van der Waals surface area contributed by atoms with Crippen molar-refractivity contribution in [3.8, 4) is 11.5 Å². The van der Waals surface area contributed by atoms with Gasteiger partial charge in [0.15, 0.2) is 15.8 Å². The first-order chi connectivity index (χ1) is 16.4. The number of carbonyl (C=O) groups excluding carboxylic acids is 2. The molecule has 0 saturated carbocycles. The van der Waals surface area contributed by atoms with Crippen LogP contribution < -0.4 is 14.9 Å². The van der Waals surface area contributed by atoms with E-state index in [1.807, 2.05) is 25.1 Å². The predicted molar refractivity (Wildman–Crippen MR) is 144 cm³/mol. The highest BCUT2D eigenvalue weighted by molar-refractivity contribution is 9.10. The molecular weight excluding hydrogens is 536 g/mol. The molecule has 1 aliphatic rings. The molecule has 2 aromatic rings. The van der Waals surface area contributed by atoms with Gasteiger partial charge in [0.25, 0.3) is 11.8 Å². The van der Waals surface area contributed by atoms with Gasteiger partial charge in [0.2, 0.25) is 0 Å². The Morgan fingerprint density at radius 3 is 2.62 bits per heavy atom. The number of benzene rings is 2. The van der Waals surface area contributed by atoms with Crippen molar-refractivity contribution in [2.45, 2.75) is 39.5 Å². The van der Waals surface area contributed by atoms with E-state index in [9.17, 15) is 9.59 Å². The van der Waals surface area contributed by atoms with Crippen LogP contribution >= 0.6 is 39.9 Å². The number of unbranched alkanes of at least 4 members (excludes halogenated alkanes) is 3. The van der Waals surface area contributed by atoms with Gasteiger partial charge in [-0.2, -0.15) is 5.01 Å². The Morgan fingerprint density at radius 2 is 1.91 bits per heavy atom. The molecule has 1 heterocycles. The lowest BCUT2D eigenvalue weighted by molar-refractivity contribution is -0.123.